The summed E-state index contributed by atoms with van der Waals surface area (Å²) >= 11 is 0. The third-order valence-electron chi connectivity index (χ3n) is 6.29. The maximum Gasteiger partial charge on any atom is 0.391 e. The number of halogens is 3. The van der Waals surface area contributed by atoms with Crippen LogP contribution >= 0.6 is 0 Å². The normalized spacial score (nSPS) is 19.3. The van der Waals surface area contributed by atoms with Crippen molar-refractivity contribution in [3.8, 4) is 0 Å². The molecule has 2 aliphatic rings. The van der Waals surface area contributed by atoms with Gasteiger partial charge in [-0.3, -0.25) is 14.9 Å². The molecule has 1 saturated carbocycles. The molecule has 0 spiro atoms. The first-order valence-corrected chi connectivity index (χ1v) is 10.4. The van der Waals surface area contributed by atoms with E-state index in [9.17, 15) is 28.1 Å². The highest BCUT2D eigenvalue weighted by atomic mass is 19.4. The van der Waals surface area contributed by atoms with E-state index >= 15 is 0 Å². The minimum Gasteiger partial charge on any atom is -0.371 e. The molecule has 0 atom stereocenters. The molecule has 160 valence electrons. The second-order valence-corrected chi connectivity index (χ2v) is 8.23. The number of piperidine rings is 1. The molecule has 1 aromatic rings. The molecular weight excluding hydrogens is 385 g/mol. The Bertz CT molecular complexity index is 737. The third kappa shape index (κ3) is 5.48. The summed E-state index contributed by atoms with van der Waals surface area (Å²) in [5, 5.41) is 11.2. The number of anilines is 1. The number of benzene rings is 1. The fraction of sp³-hybridized carbons (Fsp3) is 0.667. The average Bonchev–Trinajstić information content (AvgIpc) is 2.71. The number of nitro groups is 1. The Balaban J connectivity index is 1.74. The Morgan fingerprint density at radius 1 is 1.10 bits per heavy atom. The molecule has 3 rings (SSSR count). The maximum atomic E-state index is 12.9. The SMILES string of the molecule is O=C(CCC1CCCCC1)c1cc([N+](=O)[O-])ccc1N1CCC(C(F)(F)F)CC1. The van der Waals surface area contributed by atoms with Gasteiger partial charge in [0, 0.05) is 42.9 Å². The van der Waals surface area contributed by atoms with Crippen LogP contribution in [-0.4, -0.2) is 30.0 Å². The Morgan fingerprint density at radius 3 is 2.34 bits per heavy atom. The van der Waals surface area contributed by atoms with Crippen molar-refractivity contribution in [3.05, 3.63) is 33.9 Å². The number of nitro benzene ring substituents is 1. The number of carbonyl (C=O) groups is 1. The van der Waals surface area contributed by atoms with E-state index in [2.05, 4.69) is 0 Å². The molecule has 1 saturated heterocycles. The van der Waals surface area contributed by atoms with Gasteiger partial charge in [0.25, 0.3) is 5.69 Å². The lowest BCUT2D eigenvalue weighted by Gasteiger charge is -2.35. The quantitative estimate of drug-likeness (QED) is 0.331. The minimum absolute atomic E-state index is 0.0316. The Kier molecular flexibility index (Phi) is 6.80. The van der Waals surface area contributed by atoms with Crippen LogP contribution in [0.1, 0.15) is 68.1 Å². The monoisotopic (exact) mass is 412 g/mol. The number of ketones is 1. The van der Waals surface area contributed by atoms with E-state index in [0.29, 0.717) is 18.0 Å². The summed E-state index contributed by atoms with van der Waals surface area (Å²) in [5.41, 5.74) is 0.616. The van der Waals surface area contributed by atoms with Gasteiger partial charge in [-0.2, -0.15) is 13.2 Å². The van der Waals surface area contributed by atoms with Gasteiger partial charge in [0.15, 0.2) is 5.78 Å². The van der Waals surface area contributed by atoms with E-state index in [4.69, 9.17) is 0 Å². The van der Waals surface area contributed by atoms with Crippen LogP contribution in [0.25, 0.3) is 0 Å². The number of hydrogen-bond donors (Lipinski definition) is 0. The first kappa shape index (κ1) is 21.6. The number of non-ortho nitro benzene ring substituents is 1. The van der Waals surface area contributed by atoms with Crippen molar-refractivity contribution in [1.82, 2.24) is 0 Å². The molecule has 0 radical (unpaired) electrons. The van der Waals surface area contributed by atoms with Gasteiger partial charge >= 0.3 is 6.18 Å². The summed E-state index contributed by atoms with van der Waals surface area (Å²) in [6.07, 6.45) is 2.61. The fourth-order valence-electron chi connectivity index (χ4n) is 4.53. The first-order chi connectivity index (χ1) is 13.8. The Labute approximate surface area is 168 Å². The lowest BCUT2D eigenvalue weighted by Crippen LogP contribution is -2.39. The topological polar surface area (TPSA) is 63.4 Å². The molecule has 1 aromatic carbocycles. The smallest absolute Gasteiger partial charge is 0.371 e. The molecule has 1 aliphatic carbocycles. The number of rotatable bonds is 6. The number of nitrogens with zero attached hydrogens (tertiary/aromatic N) is 2. The average molecular weight is 412 g/mol. The molecule has 5 nitrogen and oxygen atoms in total. The van der Waals surface area contributed by atoms with E-state index in [1.807, 2.05) is 0 Å². The zero-order valence-corrected chi connectivity index (χ0v) is 16.4. The largest absolute Gasteiger partial charge is 0.391 e. The molecule has 29 heavy (non-hydrogen) atoms. The van der Waals surface area contributed by atoms with Gasteiger partial charge in [-0.1, -0.05) is 32.1 Å². The highest BCUT2D eigenvalue weighted by molar-refractivity contribution is 6.02. The Morgan fingerprint density at radius 2 is 1.76 bits per heavy atom. The van der Waals surface area contributed by atoms with Gasteiger partial charge in [-0.05, 0) is 31.2 Å². The van der Waals surface area contributed by atoms with E-state index in [0.717, 1.165) is 19.3 Å². The molecular formula is C21H27F3N2O3. The molecule has 8 heteroatoms. The predicted octanol–water partition coefficient (Wildman–Crippen LogP) is 5.92. The van der Waals surface area contributed by atoms with Crippen molar-refractivity contribution >= 4 is 17.2 Å². The summed E-state index contributed by atoms with van der Waals surface area (Å²) < 4.78 is 38.8. The summed E-state index contributed by atoms with van der Waals surface area (Å²) in [5.74, 6) is -0.980. The van der Waals surface area contributed by atoms with E-state index < -0.39 is 17.0 Å². The lowest BCUT2D eigenvalue weighted by atomic mass is 9.85. The van der Waals surface area contributed by atoms with Crippen molar-refractivity contribution in [2.75, 3.05) is 18.0 Å². The number of carbonyl (C=O) groups excluding carboxylic acids is 1. The van der Waals surface area contributed by atoms with Crippen LogP contribution in [0.2, 0.25) is 0 Å². The van der Waals surface area contributed by atoms with E-state index in [1.54, 1.807) is 4.90 Å². The van der Waals surface area contributed by atoms with Crippen molar-refractivity contribution in [3.63, 3.8) is 0 Å². The van der Waals surface area contributed by atoms with Crippen molar-refractivity contribution in [1.29, 1.82) is 0 Å². The van der Waals surface area contributed by atoms with E-state index in [1.165, 1.54) is 37.5 Å². The van der Waals surface area contributed by atoms with Crippen molar-refractivity contribution in [2.24, 2.45) is 11.8 Å². The fourth-order valence-corrected chi connectivity index (χ4v) is 4.53. The van der Waals surface area contributed by atoms with Crippen LogP contribution in [0, 0.1) is 22.0 Å². The number of hydrogen-bond acceptors (Lipinski definition) is 4. The zero-order chi connectivity index (χ0) is 21.0. The Hall–Kier alpha value is -2.12. The van der Waals surface area contributed by atoms with Gasteiger partial charge in [0.1, 0.15) is 0 Å². The van der Waals surface area contributed by atoms with Crippen LogP contribution in [0.3, 0.4) is 0 Å². The molecule has 2 fully saturated rings. The van der Waals surface area contributed by atoms with Gasteiger partial charge in [0.2, 0.25) is 0 Å². The standard InChI is InChI=1S/C21H27F3N2O3/c22-21(23,24)16-10-12-25(13-11-16)19-8-7-17(26(28)29)14-18(19)20(27)9-6-15-4-2-1-3-5-15/h7-8,14-16H,1-6,9-13H2. The molecule has 1 aliphatic heterocycles. The van der Waals surface area contributed by atoms with Crippen molar-refractivity contribution in [2.45, 2.75) is 64.0 Å². The third-order valence-corrected chi connectivity index (χ3v) is 6.29. The highest BCUT2D eigenvalue weighted by Gasteiger charge is 2.41. The number of Topliss-reactive ketones (excluding diaryl/α,β-unsaturated/α-hetero) is 1. The second-order valence-electron chi connectivity index (χ2n) is 8.23. The summed E-state index contributed by atoms with van der Waals surface area (Å²) in [7, 11) is 0. The molecule has 0 bridgehead atoms. The van der Waals surface area contributed by atoms with Crippen LogP contribution < -0.4 is 4.90 Å². The van der Waals surface area contributed by atoms with Crippen molar-refractivity contribution < 1.29 is 22.9 Å². The summed E-state index contributed by atoms with van der Waals surface area (Å²) in [6, 6.07) is 4.12. The highest BCUT2D eigenvalue weighted by Crippen LogP contribution is 2.37. The first-order valence-electron chi connectivity index (χ1n) is 10.4. The lowest BCUT2D eigenvalue weighted by molar-refractivity contribution is -0.384. The molecule has 0 unspecified atom stereocenters. The second kappa shape index (κ2) is 9.13. The van der Waals surface area contributed by atoms with Gasteiger partial charge in [-0.15, -0.1) is 0 Å². The zero-order valence-electron chi connectivity index (χ0n) is 16.4. The molecule has 0 N–H and O–H groups in total. The van der Waals surface area contributed by atoms with Gasteiger partial charge in [0.05, 0.1) is 10.8 Å². The van der Waals surface area contributed by atoms with Crippen LogP contribution in [0.4, 0.5) is 24.5 Å². The van der Waals surface area contributed by atoms with Gasteiger partial charge < -0.3 is 4.90 Å². The minimum atomic E-state index is -4.21. The number of alkyl halides is 3. The molecule has 0 aromatic heterocycles. The van der Waals surface area contributed by atoms with Crippen LogP contribution in [-0.2, 0) is 0 Å². The van der Waals surface area contributed by atoms with E-state index in [-0.39, 0.29) is 43.0 Å². The summed E-state index contributed by atoms with van der Waals surface area (Å²) in [4.78, 5) is 25.3. The predicted molar refractivity (Wildman–Crippen MR) is 104 cm³/mol. The molecule has 0 amide bonds. The van der Waals surface area contributed by atoms with Gasteiger partial charge in [-0.25, -0.2) is 0 Å². The maximum absolute atomic E-state index is 12.9. The van der Waals surface area contributed by atoms with Crippen LogP contribution in [0.15, 0.2) is 18.2 Å². The molecule has 1 heterocycles. The summed E-state index contributed by atoms with van der Waals surface area (Å²) in [6.45, 7) is 0.371. The van der Waals surface area contributed by atoms with Crippen LogP contribution in [0.5, 0.6) is 0 Å².